The summed E-state index contributed by atoms with van der Waals surface area (Å²) in [5.41, 5.74) is 1.36. The molecule has 0 fully saturated rings. The van der Waals surface area contributed by atoms with Gasteiger partial charge in [0.05, 0.1) is 0 Å². The zero-order valence-electron chi connectivity index (χ0n) is 11.4. The molecule has 102 valence electrons. The molecule has 0 saturated heterocycles. The number of halogens is 1. The average Bonchev–Trinajstić information content (AvgIpc) is 2.39. The topological polar surface area (TPSA) is 21.3 Å². The zero-order chi connectivity index (χ0) is 13.2. The molecule has 0 spiro atoms. The van der Waals surface area contributed by atoms with Gasteiger partial charge in [0, 0.05) is 24.8 Å². The van der Waals surface area contributed by atoms with E-state index in [9.17, 15) is 0 Å². The minimum absolute atomic E-state index is 0.544. The summed E-state index contributed by atoms with van der Waals surface area (Å²) in [6, 6.07) is 8.20. The minimum atomic E-state index is 0.544. The highest BCUT2D eigenvalue weighted by atomic mass is 35.5. The SMILES string of the molecule is CCNCC(CCCOCC)c1ccc(Cl)cc1. The van der Waals surface area contributed by atoms with Crippen molar-refractivity contribution in [1.82, 2.24) is 5.32 Å². The van der Waals surface area contributed by atoms with Crippen molar-refractivity contribution >= 4 is 11.6 Å². The minimum Gasteiger partial charge on any atom is -0.382 e. The summed E-state index contributed by atoms with van der Waals surface area (Å²) in [6.07, 6.45) is 2.25. The van der Waals surface area contributed by atoms with Crippen LogP contribution in [0.3, 0.4) is 0 Å². The predicted octanol–water partition coefficient (Wildman–Crippen LogP) is 3.85. The van der Waals surface area contributed by atoms with E-state index in [2.05, 4.69) is 24.4 Å². The van der Waals surface area contributed by atoms with Crippen LogP contribution in [0.2, 0.25) is 5.02 Å². The van der Waals surface area contributed by atoms with Crippen LogP contribution in [0, 0.1) is 0 Å². The lowest BCUT2D eigenvalue weighted by Gasteiger charge is -2.18. The van der Waals surface area contributed by atoms with Crippen LogP contribution < -0.4 is 5.32 Å². The van der Waals surface area contributed by atoms with Gasteiger partial charge < -0.3 is 10.1 Å². The molecule has 0 bridgehead atoms. The Kier molecular flexibility index (Phi) is 8.06. The van der Waals surface area contributed by atoms with E-state index in [0.29, 0.717) is 5.92 Å². The van der Waals surface area contributed by atoms with Crippen molar-refractivity contribution in [1.29, 1.82) is 0 Å². The van der Waals surface area contributed by atoms with Gasteiger partial charge in [-0.3, -0.25) is 0 Å². The molecular weight excluding hydrogens is 246 g/mol. The third kappa shape index (κ3) is 5.85. The number of hydrogen-bond donors (Lipinski definition) is 1. The van der Waals surface area contributed by atoms with Crippen LogP contribution in [0.4, 0.5) is 0 Å². The van der Waals surface area contributed by atoms with Gasteiger partial charge >= 0.3 is 0 Å². The standard InChI is InChI=1S/C15H24ClNO/c1-3-17-12-14(6-5-11-18-4-2)13-7-9-15(16)10-8-13/h7-10,14,17H,3-6,11-12H2,1-2H3. The molecule has 18 heavy (non-hydrogen) atoms. The van der Waals surface area contributed by atoms with Crippen molar-refractivity contribution in [3.63, 3.8) is 0 Å². The van der Waals surface area contributed by atoms with Crippen molar-refractivity contribution in [3.05, 3.63) is 34.9 Å². The number of ether oxygens (including phenoxy) is 1. The Morgan fingerprint density at radius 2 is 1.94 bits per heavy atom. The Morgan fingerprint density at radius 1 is 1.22 bits per heavy atom. The summed E-state index contributed by atoms with van der Waals surface area (Å²) < 4.78 is 5.40. The molecule has 1 aromatic carbocycles. The molecule has 1 N–H and O–H groups in total. The first-order chi connectivity index (χ1) is 8.77. The quantitative estimate of drug-likeness (QED) is 0.688. The van der Waals surface area contributed by atoms with Crippen molar-refractivity contribution < 1.29 is 4.74 Å². The van der Waals surface area contributed by atoms with E-state index >= 15 is 0 Å². The first kappa shape index (κ1) is 15.5. The third-order valence-corrected chi connectivity index (χ3v) is 3.28. The molecule has 0 aliphatic carbocycles. The second-order valence-electron chi connectivity index (χ2n) is 4.40. The number of nitrogens with one attached hydrogen (secondary N) is 1. The van der Waals surface area contributed by atoms with Crippen LogP contribution in [0.1, 0.15) is 38.2 Å². The van der Waals surface area contributed by atoms with Gasteiger partial charge in [0.15, 0.2) is 0 Å². The van der Waals surface area contributed by atoms with Gasteiger partial charge in [-0.25, -0.2) is 0 Å². The van der Waals surface area contributed by atoms with Crippen LogP contribution in [0.5, 0.6) is 0 Å². The lowest BCUT2D eigenvalue weighted by atomic mass is 9.94. The normalized spacial score (nSPS) is 12.6. The van der Waals surface area contributed by atoms with E-state index in [0.717, 1.165) is 44.2 Å². The summed E-state index contributed by atoms with van der Waals surface area (Å²) in [5.74, 6) is 0.544. The number of rotatable bonds is 9. The van der Waals surface area contributed by atoms with Crippen LogP contribution in [-0.2, 0) is 4.74 Å². The molecule has 0 saturated carbocycles. The molecule has 1 unspecified atom stereocenters. The molecule has 0 amide bonds. The Labute approximate surface area is 116 Å². The second kappa shape index (κ2) is 9.37. The number of likely N-dealkylation sites (N-methyl/N-ethyl adjacent to an activating group) is 1. The first-order valence-corrected chi connectivity index (χ1v) is 7.19. The molecule has 0 aromatic heterocycles. The molecule has 1 atom stereocenters. The third-order valence-electron chi connectivity index (χ3n) is 3.03. The van der Waals surface area contributed by atoms with Crippen LogP contribution in [-0.4, -0.2) is 26.3 Å². The Hall–Kier alpha value is -0.570. The van der Waals surface area contributed by atoms with Gasteiger partial charge in [-0.1, -0.05) is 30.7 Å². The molecule has 0 radical (unpaired) electrons. The summed E-state index contributed by atoms with van der Waals surface area (Å²) in [7, 11) is 0. The smallest absolute Gasteiger partial charge is 0.0466 e. The molecule has 0 aliphatic heterocycles. The van der Waals surface area contributed by atoms with Crippen LogP contribution in [0.15, 0.2) is 24.3 Å². The van der Waals surface area contributed by atoms with E-state index in [1.165, 1.54) is 5.56 Å². The van der Waals surface area contributed by atoms with E-state index < -0.39 is 0 Å². The van der Waals surface area contributed by atoms with Gasteiger partial charge in [-0.05, 0) is 49.9 Å². The van der Waals surface area contributed by atoms with Gasteiger partial charge in [0.2, 0.25) is 0 Å². The van der Waals surface area contributed by atoms with Gasteiger partial charge in [0.1, 0.15) is 0 Å². The van der Waals surface area contributed by atoms with Crippen molar-refractivity contribution in [2.45, 2.75) is 32.6 Å². The Morgan fingerprint density at radius 3 is 2.56 bits per heavy atom. The van der Waals surface area contributed by atoms with E-state index in [1.54, 1.807) is 0 Å². The Bertz CT molecular complexity index is 313. The maximum Gasteiger partial charge on any atom is 0.0466 e. The highest BCUT2D eigenvalue weighted by Crippen LogP contribution is 2.22. The fourth-order valence-corrected chi connectivity index (χ4v) is 2.14. The lowest BCUT2D eigenvalue weighted by molar-refractivity contribution is 0.141. The molecule has 0 aliphatic rings. The second-order valence-corrected chi connectivity index (χ2v) is 4.83. The van der Waals surface area contributed by atoms with Gasteiger partial charge in [-0.15, -0.1) is 0 Å². The first-order valence-electron chi connectivity index (χ1n) is 6.81. The number of benzene rings is 1. The summed E-state index contributed by atoms with van der Waals surface area (Å²) in [4.78, 5) is 0. The fourth-order valence-electron chi connectivity index (χ4n) is 2.02. The number of hydrogen-bond acceptors (Lipinski definition) is 2. The lowest BCUT2D eigenvalue weighted by Crippen LogP contribution is -2.21. The highest BCUT2D eigenvalue weighted by molar-refractivity contribution is 6.30. The van der Waals surface area contributed by atoms with Crippen LogP contribution in [0.25, 0.3) is 0 Å². The van der Waals surface area contributed by atoms with Gasteiger partial charge in [0.25, 0.3) is 0 Å². The highest BCUT2D eigenvalue weighted by Gasteiger charge is 2.10. The van der Waals surface area contributed by atoms with E-state index in [1.807, 2.05) is 19.1 Å². The molecule has 3 heteroatoms. The monoisotopic (exact) mass is 269 g/mol. The Balaban J connectivity index is 2.51. The van der Waals surface area contributed by atoms with Crippen molar-refractivity contribution in [2.75, 3.05) is 26.3 Å². The van der Waals surface area contributed by atoms with Gasteiger partial charge in [-0.2, -0.15) is 0 Å². The van der Waals surface area contributed by atoms with E-state index in [4.69, 9.17) is 16.3 Å². The summed E-state index contributed by atoms with van der Waals surface area (Å²) in [6.45, 7) is 7.86. The largest absolute Gasteiger partial charge is 0.382 e. The molecule has 2 nitrogen and oxygen atoms in total. The molecule has 1 aromatic rings. The molecule has 1 rings (SSSR count). The molecule has 0 heterocycles. The van der Waals surface area contributed by atoms with E-state index in [-0.39, 0.29) is 0 Å². The maximum atomic E-state index is 5.93. The van der Waals surface area contributed by atoms with Crippen molar-refractivity contribution in [3.8, 4) is 0 Å². The average molecular weight is 270 g/mol. The fraction of sp³-hybridized carbons (Fsp3) is 0.600. The summed E-state index contributed by atoms with van der Waals surface area (Å²) in [5, 5.41) is 4.23. The summed E-state index contributed by atoms with van der Waals surface area (Å²) >= 11 is 5.93. The predicted molar refractivity (Wildman–Crippen MR) is 78.5 cm³/mol. The maximum absolute atomic E-state index is 5.93. The van der Waals surface area contributed by atoms with Crippen LogP contribution >= 0.6 is 11.6 Å². The molecular formula is C15H24ClNO. The zero-order valence-corrected chi connectivity index (χ0v) is 12.2. The van der Waals surface area contributed by atoms with Crippen molar-refractivity contribution in [2.24, 2.45) is 0 Å².